The number of carbonyl (C=O) groups excluding carboxylic acids is 2. The summed E-state index contributed by atoms with van der Waals surface area (Å²) >= 11 is 0. The molecule has 1 aliphatic heterocycles. The van der Waals surface area contributed by atoms with Crippen LogP contribution in [0.25, 0.3) is 5.57 Å². The summed E-state index contributed by atoms with van der Waals surface area (Å²) in [6, 6.07) is 20.5. The van der Waals surface area contributed by atoms with Gasteiger partial charge in [-0.1, -0.05) is 48.5 Å². The quantitative estimate of drug-likeness (QED) is 0.653. The largest absolute Gasteiger partial charge is 0.350 e. The Morgan fingerprint density at radius 3 is 2.07 bits per heavy atom. The molecule has 3 aromatic rings. The number of aryl methyl sites for hydroxylation is 2. The summed E-state index contributed by atoms with van der Waals surface area (Å²) in [5.41, 5.74) is 3.63. The van der Waals surface area contributed by atoms with Crippen LogP contribution in [0, 0.1) is 19.7 Å². The van der Waals surface area contributed by atoms with Gasteiger partial charge in [-0.15, -0.1) is 0 Å². The molecule has 0 aromatic heterocycles. The van der Waals surface area contributed by atoms with Crippen LogP contribution in [0.1, 0.15) is 16.7 Å². The predicted molar refractivity (Wildman–Crippen MR) is 112 cm³/mol. The number of nitrogens with one attached hydrogen (secondary N) is 1. The van der Waals surface area contributed by atoms with Crippen molar-refractivity contribution in [3.05, 3.63) is 101 Å². The Balaban J connectivity index is 1.85. The number of nitrogens with zero attached hydrogens (tertiary/aromatic N) is 1. The summed E-state index contributed by atoms with van der Waals surface area (Å²) in [7, 11) is 0. The third-order valence-electron chi connectivity index (χ3n) is 4.73. The molecule has 0 saturated heterocycles. The fourth-order valence-corrected chi connectivity index (χ4v) is 3.56. The number of anilines is 2. The molecule has 0 atom stereocenters. The SMILES string of the molecule is Cc1cc(C)cc(NC2=C(c3ccccc3)C(=O)N(c3ccccc3F)C2=O)c1. The highest BCUT2D eigenvalue weighted by molar-refractivity contribution is 6.46. The minimum absolute atomic E-state index is 0.0619. The van der Waals surface area contributed by atoms with Crippen molar-refractivity contribution in [2.24, 2.45) is 0 Å². The lowest BCUT2D eigenvalue weighted by Crippen LogP contribution is -2.33. The monoisotopic (exact) mass is 386 g/mol. The smallest absolute Gasteiger partial charge is 0.282 e. The van der Waals surface area contributed by atoms with Crippen LogP contribution in [0.15, 0.2) is 78.5 Å². The van der Waals surface area contributed by atoms with Crippen molar-refractivity contribution in [2.75, 3.05) is 10.2 Å². The van der Waals surface area contributed by atoms with E-state index in [9.17, 15) is 14.0 Å². The van der Waals surface area contributed by atoms with Crippen LogP contribution in [0.4, 0.5) is 15.8 Å². The molecule has 3 aromatic carbocycles. The van der Waals surface area contributed by atoms with E-state index in [1.807, 2.05) is 38.1 Å². The van der Waals surface area contributed by atoms with Crippen LogP contribution in [0.5, 0.6) is 0 Å². The number of para-hydroxylation sites is 1. The van der Waals surface area contributed by atoms with Gasteiger partial charge in [0.1, 0.15) is 11.5 Å². The molecule has 0 radical (unpaired) electrons. The lowest BCUT2D eigenvalue weighted by molar-refractivity contribution is -0.120. The second-order valence-corrected chi connectivity index (χ2v) is 7.01. The lowest BCUT2D eigenvalue weighted by atomic mass is 10.0. The Hall–Kier alpha value is -3.73. The summed E-state index contributed by atoms with van der Waals surface area (Å²) < 4.78 is 14.4. The molecule has 1 N–H and O–H groups in total. The van der Waals surface area contributed by atoms with Crippen LogP contribution >= 0.6 is 0 Å². The van der Waals surface area contributed by atoms with E-state index in [2.05, 4.69) is 5.32 Å². The number of imide groups is 1. The summed E-state index contributed by atoms with van der Waals surface area (Å²) in [4.78, 5) is 27.4. The highest BCUT2D eigenvalue weighted by atomic mass is 19.1. The van der Waals surface area contributed by atoms with Gasteiger partial charge in [0, 0.05) is 5.69 Å². The first kappa shape index (κ1) is 18.6. The van der Waals surface area contributed by atoms with Crippen molar-refractivity contribution < 1.29 is 14.0 Å². The van der Waals surface area contributed by atoms with E-state index in [-0.39, 0.29) is 17.0 Å². The molecule has 0 aliphatic carbocycles. The lowest BCUT2D eigenvalue weighted by Gasteiger charge is -2.16. The Labute approximate surface area is 168 Å². The van der Waals surface area contributed by atoms with Gasteiger partial charge in [-0.05, 0) is 54.8 Å². The maximum Gasteiger partial charge on any atom is 0.282 e. The summed E-state index contributed by atoms with van der Waals surface area (Å²) in [5, 5.41) is 3.12. The molecule has 1 heterocycles. The molecule has 0 saturated carbocycles. The average molecular weight is 386 g/mol. The highest BCUT2D eigenvalue weighted by Crippen LogP contribution is 2.34. The molecule has 4 rings (SSSR count). The van der Waals surface area contributed by atoms with E-state index >= 15 is 0 Å². The number of rotatable bonds is 4. The second kappa shape index (κ2) is 7.36. The van der Waals surface area contributed by atoms with Crippen molar-refractivity contribution in [1.82, 2.24) is 0 Å². The summed E-state index contributed by atoms with van der Waals surface area (Å²) in [6.07, 6.45) is 0. The standard InChI is InChI=1S/C24H19FN2O2/c1-15-12-16(2)14-18(13-15)26-22-21(17-8-4-3-5-9-17)23(28)27(24(22)29)20-11-7-6-10-19(20)25/h3-14,26H,1-2H3. The van der Waals surface area contributed by atoms with Gasteiger partial charge in [0.2, 0.25) is 0 Å². The van der Waals surface area contributed by atoms with E-state index < -0.39 is 17.6 Å². The van der Waals surface area contributed by atoms with Gasteiger partial charge in [-0.3, -0.25) is 9.59 Å². The normalized spacial score (nSPS) is 14.0. The average Bonchev–Trinajstić information content (AvgIpc) is 2.92. The van der Waals surface area contributed by atoms with Gasteiger partial charge in [0.05, 0.1) is 11.3 Å². The molecule has 4 nitrogen and oxygen atoms in total. The topological polar surface area (TPSA) is 49.4 Å². The van der Waals surface area contributed by atoms with Crippen LogP contribution in [0.3, 0.4) is 0 Å². The number of carbonyl (C=O) groups is 2. The number of hydrogen-bond donors (Lipinski definition) is 1. The third-order valence-corrected chi connectivity index (χ3v) is 4.73. The fraction of sp³-hybridized carbons (Fsp3) is 0.0833. The van der Waals surface area contributed by atoms with Crippen LogP contribution < -0.4 is 10.2 Å². The van der Waals surface area contributed by atoms with Crippen molar-refractivity contribution in [1.29, 1.82) is 0 Å². The van der Waals surface area contributed by atoms with Crippen molar-refractivity contribution in [2.45, 2.75) is 13.8 Å². The first-order valence-electron chi connectivity index (χ1n) is 9.24. The Morgan fingerprint density at radius 1 is 0.793 bits per heavy atom. The third kappa shape index (κ3) is 3.43. The predicted octanol–water partition coefficient (Wildman–Crippen LogP) is 4.84. The van der Waals surface area contributed by atoms with E-state index in [1.165, 1.54) is 18.2 Å². The molecule has 5 heteroatoms. The number of amides is 2. The number of hydrogen-bond acceptors (Lipinski definition) is 3. The molecule has 29 heavy (non-hydrogen) atoms. The molecular weight excluding hydrogens is 367 g/mol. The zero-order chi connectivity index (χ0) is 20.5. The second-order valence-electron chi connectivity index (χ2n) is 7.01. The van der Waals surface area contributed by atoms with Crippen LogP contribution in [-0.2, 0) is 9.59 Å². The first-order valence-corrected chi connectivity index (χ1v) is 9.24. The number of halogens is 1. The molecular formula is C24H19FN2O2. The van der Waals surface area contributed by atoms with E-state index in [4.69, 9.17) is 0 Å². The maximum atomic E-state index is 14.4. The van der Waals surface area contributed by atoms with E-state index in [0.717, 1.165) is 16.0 Å². The van der Waals surface area contributed by atoms with Gasteiger partial charge < -0.3 is 5.32 Å². The molecule has 0 spiro atoms. The van der Waals surface area contributed by atoms with Crippen molar-refractivity contribution >= 4 is 28.8 Å². The minimum Gasteiger partial charge on any atom is -0.350 e. The van der Waals surface area contributed by atoms with Gasteiger partial charge in [0.25, 0.3) is 11.8 Å². The fourth-order valence-electron chi connectivity index (χ4n) is 3.56. The maximum absolute atomic E-state index is 14.4. The van der Waals surface area contributed by atoms with Gasteiger partial charge >= 0.3 is 0 Å². The molecule has 144 valence electrons. The van der Waals surface area contributed by atoms with Gasteiger partial charge in [-0.2, -0.15) is 0 Å². The minimum atomic E-state index is -0.630. The summed E-state index contributed by atoms with van der Waals surface area (Å²) in [5.74, 6) is -1.77. The Morgan fingerprint density at radius 2 is 1.41 bits per heavy atom. The molecule has 1 aliphatic rings. The Kier molecular flexibility index (Phi) is 4.72. The Bertz CT molecular complexity index is 1130. The molecule has 0 bridgehead atoms. The summed E-state index contributed by atoms with van der Waals surface area (Å²) in [6.45, 7) is 3.91. The van der Waals surface area contributed by atoms with Gasteiger partial charge in [-0.25, -0.2) is 9.29 Å². The van der Waals surface area contributed by atoms with Gasteiger partial charge in [0.15, 0.2) is 0 Å². The van der Waals surface area contributed by atoms with Crippen molar-refractivity contribution in [3.8, 4) is 0 Å². The first-order chi connectivity index (χ1) is 14.0. The highest BCUT2D eigenvalue weighted by Gasteiger charge is 2.41. The zero-order valence-electron chi connectivity index (χ0n) is 16.1. The van der Waals surface area contributed by atoms with Crippen LogP contribution in [-0.4, -0.2) is 11.8 Å². The van der Waals surface area contributed by atoms with Crippen LogP contribution in [0.2, 0.25) is 0 Å². The molecule has 2 amide bonds. The zero-order valence-corrected chi connectivity index (χ0v) is 16.1. The molecule has 0 unspecified atom stereocenters. The number of benzene rings is 3. The van der Waals surface area contributed by atoms with E-state index in [1.54, 1.807) is 30.3 Å². The van der Waals surface area contributed by atoms with E-state index in [0.29, 0.717) is 11.3 Å². The van der Waals surface area contributed by atoms with Crippen molar-refractivity contribution in [3.63, 3.8) is 0 Å². The molecule has 0 fully saturated rings.